The van der Waals surface area contributed by atoms with Crippen LogP contribution in [0.3, 0.4) is 0 Å². The van der Waals surface area contributed by atoms with Gasteiger partial charge in [0.05, 0.1) is 0 Å². The highest BCUT2D eigenvalue weighted by Gasteiger charge is 2.39. The number of benzene rings is 2. The molecule has 2 nitrogen and oxygen atoms in total. The normalized spacial score (nSPS) is 23.1. The first-order valence-electron chi connectivity index (χ1n) is 11.0. The Balaban J connectivity index is 1.77. The number of aromatic hydroxyl groups is 2. The van der Waals surface area contributed by atoms with Crippen LogP contribution in [-0.4, -0.2) is 10.2 Å². The first-order chi connectivity index (χ1) is 13.4. The summed E-state index contributed by atoms with van der Waals surface area (Å²) >= 11 is 0. The maximum absolute atomic E-state index is 9.76. The first-order valence-corrected chi connectivity index (χ1v) is 11.0. The number of phenols is 2. The molecule has 0 saturated heterocycles. The molecule has 0 radical (unpaired) electrons. The summed E-state index contributed by atoms with van der Waals surface area (Å²) in [6, 6.07) is 15.8. The van der Waals surface area contributed by atoms with E-state index in [0.717, 1.165) is 0 Å². The number of hydrogen-bond acceptors (Lipinski definition) is 2. The molecule has 2 heteroatoms. The van der Waals surface area contributed by atoms with E-state index < -0.39 is 0 Å². The second kappa shape index (κ2) is 9.03. The molecule has 152 valence electrons. The molecule has 0 amide bonds. The molecule has 3 rings (SSSR count). The highest BCUT2D eigenvalue weighted by atomic mass is 16.3. The van der Waals surface area contributed by atoms with Crippen LogP contribution in [0.5, 0.6) is 11.5 Å². The Labute approximate surface area is 170 Å². The molecule has 0 spiro atoms. The third-order valence-electron chi connectivity index (χ3n) is 7.07. The SMILES string of the molecule is CCCC(C)CC(C)(c1ccc(O)cc1)C1CCC(c2ccc(O)cc2)CC1. The van der Waals surface area contributed by atoms with Crippen molar-refractivity contribution in [3.05, 3.63) is 59.7 Å². The molecule has 2 atom stereocenters. The topological polar surface area (TPSA) is 40.5 Å². The summed E-state index contributed by atoms with van der Waals surface area (Å²) in [5, 5.41) is 19.3. The van der Waals surface area contributed by atoms with E-state index in [0.29, 0.717) is 29.3 Å². The fourth-order valence-electron chi connectivity index (χ4n) is 5.49. The van der Waals surface area contributed by atoms with Gasteiger partial charge in [0.15, 0.2) is 0 Å². The molecular formula is C26H36O2. The Morgan fingerprint density at radius 2 is 1.43 bits per heavy atom. The van der Waals surface area contributed by atoms with Crippen molar-refractivity contribution in [3.63, 3.8) is 0 Å². The van der Waals surface area contributed by atoms with E-state index in [1.807, 2.05) is 24.3 Å². The van der Waals surface area contributed by atoms with Gasteiger partial charge in [0.1, 0.15) is 11.5 Å². The maximum atomic E-state index is 9.76. The van der Waals surface area contributed by atoms with Crippen LogP contribution in [0, 0.1) is 11.8 Å². The van der Waals surface area contributed by atoms with E-state index in [2.05, 4.69) is 45.0 Å². The van der Waals surface area contributed by atoms with Gasteiger partial charge in [-0.2, -0.15) is 0 Å². The zero-order chi connectivity index (χ0) is 20.1. The van der Waals surface area contributed by atoms with Gasteiger partial charge in [0, 0.05) is 0 Å². The highest BCUT2D eigenvalue weighted by Crippen LogP contribution is 2.48. The van der Waals surface area contributed by atoms with Crippen LogP contribution < -0.4 is 0 Å². The fraction of sp³-hybridized carbons (Fsp3) is 0.538. The van der Waals surface area contributed by atoms with E-state index >= 15 is 0 Å². The lowest BCUT2D eigenvalue weighted by Crippen LogP contribution is -2.36. The second-order valence-corrected chi connectivity index (χ2v) is 9.20. The fourth-order valence-corrected chi connectivity index (χ4v) is 5.49. The molecule has 2 aromatic carbocycles. The van der Waals surface area contributed by atoms with Crippen LogP contribution in [0.4, 0.5) is 0 Å². The first kappa shape index (κ1) is 20.8. The molecule has 1 aliphatic carbocycles. The summed E-state index contributed by atoms with van der Waals surface area (Å²) in [6.07, 6.45) is 8.62. The number of phenolic OH excluding ortho intramolecular Hbond substituents is 2. The molecule has 1 saturated carbocycles. The van der Waals surface area contributed by atoms with Gasteiger partial charge < -0.3 is 10.2 Å². The Hall–Kier alpha value is -1.96. The van der Waals surface area contributed by atoms with Gasteiger partial charge in [-0.25, -0.2) is 0 Å². The van der Waals surface area contributed by atoms with Crippen molar-refractivity contribution in [3.8, 4) is 11.5 Å². The minimum atomic E-state index is 0.155. The molecule has 0 aliphatic heterocycles. The van der Waals surface area contributed by atoms with Crippen molar-refractivity contribution in [2.24, 2.45) is 11.8 Å². The number of rotatable bonds is 7. The van der Waals surface area contributed by atoms with E-state index in [1.165, 1.54) is 56.1 Å². The molecular weight excluding hydrogens is 344 g/mol. The Morgan fingerprint density at radius 3 is 1.96 bits per heavy atom. The molecule has 0 bridgehead atoms. The summed E-state index contributed by atoms with van der Waals surface area (Å²) in [7, 11) is 0. The maximum Gasteiger partial charge on any atom is 0.115 e. The number of hydrogen-bond donors (Lipinski definition) is 2. The molecule has 2 N–H and O–H groups in total. The van der Waals surface area contributed by atoms with E-state index in [9.17, 15) is 10.2 Å². The van der Waals surface area contributed by atoms with E-state index in [1.54, 1.807) is 0 Å². The van der Waals surface area contributed by atoms with Crippen molar-refractivity contribution < 1.29 is 10.2 Å². The summed E-state index contributed by atoms with van der Waals surface area (Å²) < 4.78 is 0. The molecule has 1 aliphatic rings. The lowest BCUT2D eigenvalue weighted by molar-refractivity contribution is 0.171. The van der Waals surface area contributed by atoms with Crippen molar-refractivity contribution >= 4 is 0 Å². The van der Waals surface area contributed by atoms with Crippen LogP contribution in [0.1, 0.15) is 82.8 Å². The van der Waals surface area contributed by atoms with Gasteiger partial charge in [-0.05, 0) is 90.7 Å². The van der Waals surface area contributed by atoms with Gasteiger partial charge in [-0.3, -0.25) is 0 Å². The average Bonchev–Trinajstić information content (AvgIpc) is 2.69. The standard InChI is InChI=1S/C26H36O2/c1-4-5-19(2)18-26(3,23-12-16-25(28)17-13-23)22-10-6-20(7-11-22)21-8-14-24(27)15-9-21/h8-9,12-17,19-20,22,27-28H,4-7,10-11,18H2,1-3H3. The summed E-state index contributed by atoms with van der Waals surface area (Å²) in [5.74, 6) is 2.68. The van der Waals surface area contributed by atoms with Crippen molar-refractivity contribution in [1.82, 2.24) is 0 Å². The predicted molar refractivity (Wildman–Crippen MR) is 117 cm³/mol. The molecule has 2 aromatic rings. The summed E-state index contributed by atoms with van der Waals surface area (Å²) in [4.78, 5) is 0. The Morgan fingerprint density at radius 1 is 0.893 bits per heavy atom. The molecule has 0 heterocycles. The van der Waals surface area contributed by atoms with Gasteiger partial charge >= 0.3 is 0 Å². The van der Waals surface area contributed by atoms with Crippen LogP contribution in [-0.2, 0) is 5.41 Å². The van der Waals surface area contributed by atoms with Crippen LogP contribution >= 0.6 is 0 Å². The zero-order valence-corrected chi connectivity index (χ0v) is 17.7. The van der Waals surface area contributed by atoms with Gasteiger partial charge in [-0.1, -0.05) is 57.9 Å². The molecule has 2 unspecified atom stereocenters. The summed E-state index contributed by atoms with van der Waals surface area (Å²) in [5.41, 5.74) is 2.89. The smallest absolute Gasteiger partial charge is 0.115 e. The zero-order valence-electron chi connectivity index (χ0n) is 17.7. The lowest BCUT2D eigenvalue weighted by Gasteiger charge is -2.44. The molecule has 0 aromatic heterocycles. The average molecular weight is 381 g/mol. The minimum Gasteiger partial charge on any atom is -0.508 e. The van der Waals surface area contributed by atoms with Gasteiger partial charge in [0.2, 0.25) is 0 Å². The Kier molecular flexibility index (Phi) is 6.69. The second-order valence-electron chi connectivity index (χ2n) is 9.20. The minimum absolute atomic E-state index is 0.155. The van der Waals surface area contributed by atoms with Crippen LogP contribution in [0.2, 0.25) is 0 Å². The van der Waals surface area contributed by atoms with E-state index in [-0.39, 0.29) is 5.41 Å². The summed E-state index contributed by atoms with van der Waals surface area (Å²) in [6.45, 7) is 7.12. The predicted octanol–water partition coefficient (Wildman–Crippen LogP) is 7.16. The van der Waals surface area contributed by atoms with Crippen LogP contribution in [0.25, 0.3) is 0 Å². The monoisotopic (exact) mass is 380 g/mol. The van der Waals surface area contributed by atoms with Gasteiger partial charge in [0.25, 0.3) is 0 Å². The Bertz CT molecular complexity index is 726. The highest BCUT2D eigenvalue weighted by molar-refractivity contribution is 5.33. The lowest BCUT2D eigenvalue weighted by atomic mass is 9.61. The van der Waals surface area contributed by atoms with Crippen molar-refractivity contribution in [2.75, 3.05) is 0 Å². The largest absolute Gasteiger partial charge is 0.508 e. The van der Waals surface area contributed by atoms with Crippen molar-refractivity contribution in [1.29, 1.82) is 0 Å². The van der Waals surface area contributed by atoms with Gasteiger partial charge in [-0.15, -0.1) is 0 Å². The molecule has 1 fully saturated rings. The van der Waals surface area contributed by atoms with Crippen LogP contribution in [0.15, 0.2) is 48.5 Å². The van der Waals surface area contributed by atoms with E-state index in [4.69, 9.17) is 0 Å². The quantitative estimate of drug-likeness (QED) is 0.535. The van der Waals surface area contributed by atoms with Crippen molar-refractivity contribution in [2.45, 2.75) is 77.0 Å². The third-order valence-corrected chi connectivity index (χ3v) is 7.07. The molecule has 28 heavy (non-hydrogen) atoms. The third kappa shape index (κ3) is 4.71.